The van der Waals surface area contributed by atoms with Gasteiger partial charge >= 0.3 is 0 Å². The number of nitrogens with one attached hydrogen (secondary N) is 1. The molecule has 1 amide bonds. The Labute approximate surface area is 123 Å². The van der Waals surface area contributed by atoms with Gasteiger partial charge in [-0.15, -0.1) is 0 Å². The Balaban J connectivity index is 2.33. The summed E-state index contributed by atoms with van der Waals surface area (Å²) in [5.74, 6) is -1.44. The molecule has 2 aromatic carbocycles. The summed E-state index contributed by atoms with van der Waals surface area (Å²) in [6.45, 7) is 0. The number of nitrogens with zero attached hydrogens (tertiary/aromatic N) is 1. The number of nitro benzene ring substituents is 1. The highest BCUT2D eigenvalue weighted by molar-refractivity contribution is 6.34. The van der Waals surface area contributed by atoms with Crippen LogP contribution in [0.4, 0.5) is 21.5 Å². The van der Waals surface area contributed by atoms with Crippen molar-refractivity contribution in [3.8, 4) is 0 Å². The first kappa shape index (κ1) is 14.7. The van der Waals surface area contributed by atoms with Gasteiger partial charge in [0.2, 0.25) is 0 Å². The zero-order chi connectivity index (χ0) is 15.6. The van der Waals surface area contributed by atoms with E-state index in [0.717, 1.165) is 12.1 Å². The van der Waals surface area contributed by atoms with E-state index in [9.17, 15) is 19.3 Å². The summed E-state index contributed by atoms with van der Waals surface area (Å²) < 4.78 is 13.3. The molecule has 0 unspecified atom stereocenters. The topological polar surface area (TPSA) is 98.3 Å². The lowest BCUT2D eigenvalue weighted by Crippen LogP contribution is -2.15. The molecule has 0 saturated heterocycles. The summed E-state index contributed by atoms with van der Waals surface area (Å²) in [5, 5.41) is 13.2. The average Bonchev–Trinajstić information content (AvgIpc) is 2.43. The number of non-ortho nitro benzene ring substituents is 1. The number of nitrogens with two attached hydrogens (primary N) is 1. The van der Waals surface area contributed by atoms with Gasteiger partial charge in [0, 0.05) is 12.1 Å². The summed E-state index contributed by atoms with van der Waals surface area (Å²) in [5.41, 5.74) is 4.89. The first-order chi connectivity index (χ1) is 9.90. The van der Waals surface area contributed by atoms with Crippen molar-refractivity contribution >= 4 is 34.6 Å². The van der Waals surface area contributed by atoms with Gasteiger partial charge in [-0.25, -0.2) is 4.39 Å². The van der Waals surface area contributed by atoms with Gasteiger partial charge in [0.1, 0.15) is 5.82 Å². The summed E-state index contributed by atoms with van der Waals surface area (Å²) in [6, 6.07) is 7.37. The van der Waals surface area contributed by atoms with Gasteiger partial charge in [0.25, 0.3) is 11.6 Å². The number of hydrogen-bond donors (Lipinski definition) is 2. The predicted molar refractivity (Wildman–Crippen MR) is 76.9 cm³/mol. The van der Waals surface area contributed by atoms with Crippen LogP contribution < -0.4 is 11.1 Å². The monoisotopic (exact) mass is 309 g/mol. The number of anilines is 2. The highest BCUT2D eigenvalue weighted by Crippen LogP contribution is 2.27. The molecule has 8 heteroatoms. The highest BCUT2D eigenvalue weighted by Gasteiger charge is 2.16. The van der Waals surface area contributed by atoms with Crippen molar-refractivity contribution in [1.29, 1.82) is 0 Å². The molecule has 0 bridgehead atoms. The van der Waals surface area contributed by atoms with Crippen LogP contribution in [0.3, 0.4) is 0 Å². The third-order valence-electron chi connectivity index (χ3n) is 2.71. The molecule has 0 atom stereocenters. The van der Waals surface area contributed by atoms with Gasteiger partial charge in [-0.3, -0.25) is 14.9 Å². The second kappa shape index (κ2) is 5.76. The van der Waals surface area contributed by atoms with Crippen molar-refractivity contribution < 1.29 is 14.1 Å². The molecule has 0 saturated carbocycles. The smallest absolute Gasteiger partial charge is 0.271 e. The van der Waals surface area contributed by atoms with Crippen LogP contribution >= 0.6 is 11.6 Å². The van der Waals surface area contributed by atoms with Gasteiger partial charge in [-0.1, -0.05) is 17.7 Å². The van der Waals surface area contributed by atoms with Gasteiger partial charge in [0.15, 0.2) is 0 Å². The lowest BCUT2D eigenvalue weighted by molar-refractivity contribution is -0.384. The molecule has 0 aliphatic heterocycles. The molecule has 0 aliphatic rings. The fourth-order valence-corrected chi connectivity index (χ4v) is 1.81. The lowest BCUT2D eigenvalue weighted by Gasteiger charge is -2.09. The minimum absolute atomic E-state index is 0.0412. The first-order valence-corrected chi connectivity index (χ1v) is 6.07. The lowest BCUT2D eigenvalue weighted by atomic mass is 10.1. The quantitative estimate of drug-likeness (QED) is 0.516. The van der Waals surface area contributed by atoms with Gasteiger partial charge in [-0.2, -0.15) is 0 Å². The van der Waals surface area contributed by atoms with E-state index >= 15 is 0 Å². The number of hydrogen-bond acceptors (Lipinski definition) is 4. The van der Waals surface area contributed by atoms with Crippen LogP contribution in [-0.4, -0.2) is 10.8 Å². The normalized spacial score (nSPS) is 10.2. The SMILES string of the molecule is Nc1c(F)cccc1C(=O)Nc1cc([N+](=O)[O-])ccc1Cl. The van der Waals surface area contributed by atoms with Crippen molar-refractivity contribution in [3.05, 3.63) is 62.9 Å². The molecule has 0 radical (unpaired) electrons. The number of amides is 1. The Morgan fingerprint density at radius 1 is 1.33 bits per heavy atom. The Morgan fingerprint density at radius 3 is 2.71 bits per heavy atom. The van der Waals surface area contributed by atoms with E-state index in [2.05, 4.69) is 5.32 Å². The third kappa shape index (κ3) is 3.09. The summed E-state index contributed by atoms with van der Waals surface area (Å²) >= 11 is 5.86. The van der Waals surface area contributed by atoms with E-state index in [1.165, 1.54) is 24.3 Å². The largest absolute Gasteiger partial charge is 0.396 e. The third-order valence-corrected chi connectivity index (χ3v) is 3.04. The van der Waals surface area contributed by atoms with Crippen LogP contribution in [0, 0.1) is 15.9 Å². The molecule has 2 aromatic rings. The average molecular weight is 310 g/mol. The fraction of sp³-hybridized carbons (Fsp3) is 0. The van der Waals surface area contributed by atoms with Gasteiger partial charge in [0.05, 0.1) is 26.9 Å². The molecule has 0 aliphatic carbocycles. The maximum atomic E-state index is 13.3. The van der Waals surface area contributed by atoms with Crippen LogP contribution in [0.25, 0.3) is 0 Å². The van der Waals surface area contributed by atoms with Crippen LogP contribution in [0.15, 0.2) is 36.4 Å². The maximum absolute atomic E-state index is 13.3. The Bertz CT molecular complexity index is 737. The maximum Gasteiger partial charge on any atom is 0.271 e. The Morgan fingerprint density at radius 2 is 2.05 bits per heavy atom. The molecule has 0 fully saturated rings. The minimum atomic E-state index is -0.729. The van der Waals surface area contributed by atoms with E-state index in [1.807, 2.05) is 0 Å². The predicted octanol–water partition coefficient (Wildman–Crippen LogP) is 3.22. The van der Waals surface area contributed by atoms with Crippen molar-refractivity contribution in [3.63, 3.8) is 0 Å². The van der Waals surface area contributed by atoms with Gasteiger partial charge in [-0.05, 0) is 18.2 Å². The number of benzene rings is 2. The van der Waals surface area contributed by atoms with E-state index in [-0.39, 0.29) is 27.6 Å². The summed E-state index contributed by atoms with van der Waals surface area (Å²) in [4.78, 5) is 22.1. The molecule has 0 aromatic heterocycles. The molecule has 108 valence electrons. The number of nitrogen functional groups attached to an aromatic ring is 1. The number of nitro groups is 1. The Kier molecular flexibility index (Phi) is 4.04. The minimum Gasteiger partial charge on any atom is -0.396 e. The standard InChI is InChI=1S/C13H9ClFN3O3/c14-9-5-4-7(18(20)21)6-11(9)17-13(19)8-2-1-3-10(15)12(8)16/h1-6H,16H2,(H,17,19). The summed E-state index contributed by atoms with van der Waals surface area (Å²) in [7, 11) is 0. The fourth-order valence-electron chi connectivity index (χ4n) is 1.65. The number of para-hydroxylation sites is 1. The van der Waals surface area contributed by atoms with Crippen molar-refractivity contribution in [1.82, 2.24) is 0 Å². The zero-order valence-corrected chi connectivity index (χ0v) is 11.2. The number of carbonyl (C=O) groups excluding carboxylic acids is 1. The second-order valence-corrected chi connectivity index (χ2v) is 4.48. The molecule has 3 N–H and O–H groups in total. The van der Waals surface area contributed by atoms with Crippen molar-refractivity contribution in [2.45, 2.75) is 0 Å². The van der Waals surface area contributed by atoms with Gasteiger partial charge < -0.3 is 11.1 Å². The van der Waals surface area contributed by atoms with E-state index in [1.54, 1.807) is 0 Å². The van der Waals surface area contributed by atoms with Crippen LogP contribution in [0.1, 0.15) is 10.4 Å². The van der Waals surface area contributed by atoms with Crippen molar-refractivity contribution in [2.24, 2.45) is 0 Å². The molecule has 6 nitrogen and oxygen atoms in total. The van der Waals surface area contributed by atoms with E-state index in [0.29, 0.717) is 0 Å². The number of rotatable bonds is 3. The van der Waals surface area contributed by atoms with E-state index in [4.69, 9.17) is 17.3 Å². The molecule has 0 heterocycles. The van der Waals surface area contributed by atoms with Crippen LogP contribution in [-0.2, 0) is 0 Å². The molecule has 2 rings (SSSR count). The van der Waals surface area contributed by atoms with E-state index < -0.39 is 16.6 Å². The molecular formula is C13H9ClFN3O3. The number of carbonyl (C=O) groups is 1. The Hall–Kier alpha value is -2.67. The molecule has 0 spiro atoms. The number of halogens is 2. The van der Waals surface area contributed by atoms with Crippen LogP contribution in [0.2, 0.25) is 5.02 Å². The molecular weight excluding hydrogens is 301 g/mol. The zero-order valence-electron chi connectivity index (χ0n) is 10.5. The van der Waals surface area contributed by atoms with Crippen molar-refractivity contribution in [2.75, 3.05) is 11.1 Å². The molecule has 21 heavy (non-hydrogen) atoms. The highest BCUT2D eigenvalue weighted by atomic mass is 35.5. The van der Waals surface area contributed by atoms with Crippen LogP contribution in [0.5, 0.6) is 0 Å². The summed E-state index contributed by atoms with van der Waals surface area (Å²) in [6.07, 6.45) is 0. The first-order valence-electron chi connectivity index (χ1n) is 5.69. The second-order valence-electron chi connectivity index (χ2n) is 4.08.